The Bertz CT molecular complexity index is 1490. The first kappa shape index (κ1) is 30.8. The fraction of sp³-hybridized carbons (Fsp3) is 0.469. The SMILES string of the molecule is [C-]#[N+][C@@H]1CCCN1C(=O)CN[C@@H](C)CC1(c2nn[nH]n2)c2ccc(C(=O)NCC)cc2CCc2cc(C(=O)NCC)ccc21. The van der Waals surface area contributed by atoms with Crippen LogP contribution in [0.1, 0.15) is 88.8 Å². The van der Waals surface area contributed by atoms with Crippen LogP contribution in [0.25, 0.3) is 4.85 Å². The highest BCUT2D eigenvalue weighted by atomic mass is 16.2. The van der Waals surface area contributed by atoms with Crippen LogP contribution in [-0.4, -0.2) is 81.6 Å². The molecule has 1 aliphatic carbocycles. The van der Waals surface area contributed by atoms with Gasteiger partial charge in [-0.15, -0.1) is 10.2 Å². The Labute approximate surface area is 257 Å². The van der Waals surface area contributed by atoms with Gasteiger partial charge in [0.2, 0.25) is 5.91 Å². The van der Waals surface area contributed by atoms with Gasteiger partial charge in [-0.25, -0.2) is 6.57 Å². The summed E-state index contributed by atoms with van der Waals surface area (Å²) >= 11 is 0. The lowest BCUT2D eigenvalue weighted by atomic mass is 9.67. The zero-order valence-corrected chi connectivity index (χ0v) is 25.4. The van der Waals surface area contributed by atoms with E-state index in [2.05, 4.69) is 41.4 Å². The molecule has 0 spiro atoms. The normalized spacial score (nSPS) is 17.5. The molecule has 3 amide bonds. The van der Waals surface area contributed by atoms with Gasteiger partial charge in [-0.05, 0) is 93.0 Å². The Morgan fingerprint density at radius 3 is 2.18 bits per heavy atom. The Kier molecular flexibility index (Phi) is 9.35. The van der Waals surface area contributed by atoms with Gasteiger partial charge in [0.1, 0.15) is 0 Å². The third-order valence-corrected chi connectivity index (χ3v) is 8.62. The maximum absolute atomic E-state index is 13.1. The third kappa shape index (κ3) is 5.92. The first-order valence-electron chi connectivity index (χ1n) is 15.3. The minimum absolute atomic E-state index is 0.0937. The van der Waals surface area contributed by atoms with E-state index in [1.165, 1.54) is 0 Å². The van der Waals surface area contributed by atoms with Gasteiger partial charge in [0.05, 0.1) is 12.0 Å². The number of carbonyl (C=O) groups excluding carboxylic acids is 3. The number of benzene rings is 2. The van der Waals surface area contributed by atoms with Crippen molar-refractivity contribution in [2.75, 3.05) is 26.2 Å². The van der Waals surface area contributed by atoms with Crippen molar-refractivity contribution in [2.45, 2.75) is 70.5 Å². The van der Waals surface area contributed by atoms with Crippen molar-refractivity contribution in [1.82, 2.24) is 41.5 Å². The number of H-pyrrole nitrogens is 1. The number of amides is 3. The Balaban J connectivity index is 1.58. The van der Waals surface area contributed by atoms with E-state index < -0.39 is 11.6 Å². The highest BCUT2D eigenvalue weighted by Gasteiger charge is 2.46. The zero-order chi connectivity index (χ0) is 31.3. The molecule has 4 N–H and O–H groups in total. The predicted octanol–water partition coefficient (Wildman–Crippen LogP) is 2.37. The topological polar surface area (TPSA) is 149 Å². The first-order chi connectivity index (χ1) is 21.3. The van der Waals surface area contributed by atoms with Crippen molar-refractivity contribution < 1.29 is 14.4 Å². The van der Waals surface area contributed by atoms with E-state index in [0.29, 0.717) is 62.3 Å². The average molecular weight is 598 g/mol. The van der Waals surface area contributed by atoms with Crippen molar-refractivity contribution >= 4 is 17.7 Å². The van der Waals surface area contributed by atoms with Gasteiger partial charge in [0.25, 0.3) is 11.8 Å². The van der Waals surface area contributed by atoms with E-state index in [1.54, 1.807) is 4.90 Å². The van der Waals surface area contributed by atoms with Crippen LogP contribution >= 0.6 is 0 Å². The number of carbonyl (C=O) groups is 3. The minimum Gasteiger partial charge on any atom is -0.352 e. The highest BCUT2D eigenvalue weighted by molar-refractivity contribution is 5.95. The number of likely N-dealkylation sites (tertiary alicyclic amines) is 1. The maximum Gasteiger partial charge on any atom is 0.300 e. The van der Waals surface area contributed by atoms with Crippen molar-refractivity contribution in [3.63, 3.8) is 0 Å². The summed E-state index contributed by atoms with van der Waals surface area (Å²) in [6, 6.07) is 11.3. The van der Waals surface area contributed by atoms with E-state index in [4.69, 9.17) is 6.57 Å². The fourth-order valence-electron chi connectivity index (χ4n) is 6.62. The summed E-state index contributed by atoms with van der Waals surface area (Å²) in [6.07, 6.45) is 2.88. The van der Waals surface area contributed by atoms with Gasteiger partial charge < -0.3 is 16.0 Å². The first-order valence-corrected chi connectivity index (χ1v) is 15.3. The molecule has 2 heterocycles. The number of aromatic amines is 1. The van der Waals surface area contributed by atoms with Crippen molar-refractivity contribution in [1.29, 1.82) is 0 Å². The molecule has 1 aromatic heterocycles. The number of hydrogen-bond donors (Lipinski definition) is 4. The minimum atomic E-state index is -0.907. The fourth-order valence-corrected chi connectivity index (χ4v) is 6.62. The monoisotopic (exact) mass is 597 g/mol. The van der Waals surface area contributed by atoms with Crippen molar-refractivity contribution in [2.24, 2.45) is 0 Å². The molecular weight excluding hydrogens is 558 g/mol. The third-order valence-electron chi connectivity index (χ3n) is 8.62. The number of nitrogens with one attached hydrogen (secondary N) is 4. The number of rotatable bonds is 10. The van der Waals surface area contributed by atoms with Gasteiger partial charge in [0.15, 0.2) is 5.82 Å². The molecule has 230 valence electrons. The molecule has 1 fully saturated rings. The molecule has 12 heteroatoms. The van der Waals surface area contributed by atoms with Crippen molar-refractivity contribution in [3.05, 3.63) is 87.0 Å². The smallest absolute Gasteiger partial charge is 0.300 e. The van der Waals surface area contributed by atoms with Crippen LogP contribution in [0.15, 0.2) is 36.4 Å². The van der Waals surface area contributed by atoms with E-state index >= 15 is 0 Å². The number of nitrogens with zero attached hydrogens (tertiary/aromatic N) is 5. The van der Waals surface area contributed by atoms with E-state index in [0.717, 1.165) is 28.7 Å². The van der Waals surface area contributed by atoms with Crippen LogP contribution in [-0.2, 0) is 23.1 Å². The molecule has 12 nitrogen and oxygen atoms in total. The van der Waals surface area contributed by atoms with Crippen molar-refractivity contribution in [3.8, 4) is 0 Å². The summed E-state index contributed by atoms with van der Waals surface area (Å²) in [5, 5.41) is 24.8. The van der Waals surface area contributed by atoms with Crippen LogP contribution in [0.2, 0.25) is 0 Å². The molecule has 1 aliphatic heterocycles. The van der Waals surface area contributed by atoms with E-state index in [9.17, 15) is 14.4 Å². The molecule has 5 rings (SSSR count). The standard InChI is InChI=1S/C32H39N9O3/c1-5-34-29(43)23-11-13-25-21(16-23)9-10-22-17-24(30(44)35-6-2)12-14-26(22)32(25,31-37-39-40-38-31)18-20(3)36-19-28(42)41-15-7-8-27(41)33-4/h11-14,16-17,20,27,36H,5-10,15,18-19H2,1-3H3,(H,34,43)(H,35,44)(H,37,38,39,40)/t20-,27-/m0/s1. The Morgan fingerprint density at radius 2 is 1.66 bits per heavy atom. The van der Waals surface area contributed by atoms with E-state index in [1.807, 2.05) is 57.2 Å². The summed E-state index contributed by atoms with van der Waals surface area (Å²) in [6.45, 7) is 15.0. The molecule has 2 aromatic carbocycles. The van der Waals surface area contributed by atoms with Crippen LogP contribution in [0, 0.1) is 6.57 Å². The maximum atomic E-state index is 13.1. The summed E-state index contributed by atoms with van der Waals surface area (Å²) in [4.78, 5) is 44.0. The van der Waals surface area contributed by atoms with Gasteiger partial charge in [-0.3, -0.25) is 24.1 Å². The lowest BCUT2D eigenvalue weighted by Crippen LogP contribution is -2.45. The van der Waals surface area contributed by atoms with Gasteiger partial charge in [-0.1, -0.05) is 17.3 Å². The molecule has 1 saturated heterocycles. The Hall–Kier alpha value is -4.63. The zero-order valence-electron chi connectivity index (χ0n) is 25.4. The molecule has 0 unspecified atom stereocenters. The lowest BCUT2D eigenvalue weighted by Gasteiger charge is -2.36. The number of hydrogen-bond acceptors (Lipinski definition) is 7. The average Bonchev–Trinajstić information content (AvgIpc) is 3.73. The van der Waals surface area contributed by atoms with Crippen LogP contribution in [0.3, 0.4) is 0 Å². The second-order valence-corrected chi connectivity index (χ2v) is 11.4. The second kappa shape index (κ2) is 13.3. The highest BCUT2D eigenvalue weighted by Crippen LogP contribution is 2.47. The number of fused-ring (bicyclic) bond motifs is 2. The summed E-state index contributed by atoms with van der Waals surface area (Å²) in [7, 11) is 0. The number of aryl methyl sites for hydroxylation is 2. The molecule has 2 aliphatic rings. The quantitative estimate of drug-likeness (QED) is 0.262. The molecule has 0 bridgehead atoms. The molecule has 0 radical (unpaired) electrons. The van der Waals surface area contributed by atoms with Gasteiger partial charge in [-0.2, -0.15) is 5.21 Å². The Morgan fingerprint density at radius 1 is 1.05 bits per heavy atom. The number of tetrazole rings is 1. The molecule has 2 atom stereocenters. The van der Waals surface area contributed by atoms with Crippen LogP contribution in [0.5, 0.6) is 0 Å². The summed E-state index contributed by atoms with van der Waals surface area (Å²) in [5.41, 5.74) is 4.09. The van der Waals surface area contributed by atoms with E-state index in [-0.39, 0.29) is 30.3 Å². The predicted molar refractivity (Wildman–Crippen MR) is 164 cm³/mol. The lowest BCUT2D eigenvalue weighted by molar-refractivity contribution is -0.130. The number of aromatic nitrogens is 4. The van der Waals surface area contributed by atoms with Crippen LogP contribution < -0.4 is 16.0 Å². The summed E-state index contributed by atoms with van der Waals surface area (Å²) in [5.74, 6) is 0.0811. The molecule has 3 aromatic rings. The van der Waals surface area contributed by atoms with Gasteiger partial charge >= 0.3 is 6.17 Å². The largest absolute Gasteiger partial charge is 0.352 e. The second-order valence-electron chi connectivity index (χ2n) is 11.4. The molecular formula is C32H39N9O3. The van der Waals surface area contributed by atoms with Gasteiger partial charge in [0, 0.05) is 43.2 Å². The molecule has 0 saturated carbocycles. The summed E-state index contributed by atoms with van der Waals surface area (Å²) < 4.78 is 0. The van der Waals surface area contributed by atoms with Crippen LogP contribution in [0.4, 0.5) is 0 Å². The molecule has 44 heavy (non-hydrogen) atoms.